The lowest BCUT2D eigenvalue weighted by molar-refractivity contribution is -0.147. The molecular weight excluding hydrogens is 868 g/mol. The molecule has 2 aliphatic rings. The second-order valence-electron chi connectivity index (χ2n) is 16.8. The summed E-state index contributed by atoms with van der Waals surface area (Å²) in [6.07, 6.45) is -1.59. The van der Waals surface area contributed by atoms with E-state index in [2.05, 4.69) is 47.9 Å². The van der Waals surface area contributed by atoms with Crippen molar-refractivity contribution >= 4 is 35.3 Å². The van der Waals surface area contributed by atoms with Gasteiger partial charge in [0.15, 0.2) is 5.82 Å². The number of rotatable bonds is 17. The van der Waals surface area contributed by atoms with Crippen LogP contribution < -0.4 is 15.4 Å². The number of nitrogens with zero attached hydrogens (tertiary/aromatic N) is 7. The highest BCUT2D eigenvalue weighted by molar-refractivity contribution is 7.13. The molecule has 1 saturated heterocycles. The summed E-state index contributed by atoms with van der Waals surface area (Å²) in [7, 11) is 0. The quantitative estimate of drug-likeness (QED) is 0.0741. The lowest BCUT2D eigenvalue weighted by Crippen LogP contribution is -2.48. The topological polar surface area (TPSA) is 197 Å². The van der Waals surface area contributed by atoms with Gasteiger partial charge in [-0.1, -0.05) is 43.3 Å². The number of amidine groups is 1. The van der Waals surface area contributed by atoms with Gasteiger partial charge in [-0.3, -0.25) is 9.69 Å². The van der Waals surface area contributed by atoms with E-state index in [9.17, 15) is 32.7 Å². The Morgan fingerprint density at radius 1 is 0.923 bits per heavy atom. The Bertz CT molecular complexity index is 2180. The van der Waals surface area contributed by atoms with Crippen molar-refractivity contribution in [2.75, 3.05) is 46.0 Å². The molecule has 2 aliphatic heterocycles. The van der Waals surface area contributed by atoms with E-state index in [1.165, 1.54) is 10.5 Å². The van der Waals surface area contributed by atoms with Gasteiger partial charge in [0.2, 0.25) is 5.91 Å². The molecular formula is C45H60F3N9O7S. The lowest BCUT2D eigenvalue weighted by Gasteiger charge is -2.39. The summed E-state index contributed by atoms with van der Waals surface area (Å²) in [6, 6.07) is 15.1. The maximum absolute atomic E-state index is 13.3. The van der Waals surface area contributed by atoms with Crippen LogP contribution in [0.3, 0.4) is 0 Å². The van der Waals surface area contributed by atoms with Crippen LogP contribution in [0.2, 0.25) is 0 Å². The molecule has 20 heteroatoms. The molecule has 0 spiro atoms. The molecule has 16 nitrogen and oxygen atoms in total. The minimum Gasteiger partial charge on any atom is -0.494 e. The number of ether oxygens (including phenoxy) is 2. The van der Waals surface area contributed by atoms with E-state index in [0.29, 0.717) is 70.6 Å². The number of carboxylic acid groups (broad SMARTS) is 2. The Morgan fingerprint density at radius 2 is 1.62 bits per heavy atom. The first-order chi connectivity index (χ1) is 31.0. The lowest BCUT2D eigenvalue weighted by atomic mass is 9.89. The molecule has 4 heterocycles. The number of aryl methyl sites for hydroxylation is 2. The van der Waals surface area contributed by atoms with Gasteiger partial charge in [0.05, 0.1) is 41.8 Å². The number of amides is 3. The smallest absolute Gasteiger partial charge is 0.453 e. The summed E-state index contributed by atoms with van der Waals surface area (Å²) in [5.74, 6) is 0.656. The van der Waals surface area contributed by atoms with Crippen LogP contribution in [-0.4, -0.2) is 115 Å². The van der Waals surface area contributed by atoms with E-state index >= 15 is 0 Å². The van der Waals surface area contributed by atoms with Gasteiger partial charge in [-0.15, -0.1) is 21.5 Å². The number of carbonyl (C=O) groups excluding carboxylic acids is 1. The van der Waals surface area contributed by atoms with E-state index in [1.54, 1.807) is 16.8 Å². The number of benzene rings is 2. The molecule has 354 valence electrons. The van der Waals surface area contributed by atoms with Crippen molar-refractivity contribution in [1.29, 1.82) is 0 Å². The zero-order valence-corrected chi connectivity index (χ0v) is 38.4. The Labute approximate surface area is 381 Å². The molecule has 3 amide bonds. The molecule has 1 atom stereocenters. The first-order valence-corrected chi connectivity index (χ1v) is 22.7. The van der Waals surface area contributed by atoms with Gasteiger partial charge < -0.3 is 35.2 Å². The number of aromatic nitrogens is 4. The largest absolute Gasteiger partial charge is 0.494 e. The number of hydrogen-bond donors (Lipinski definition) is 4. The summed E-state index contributed by atoms with van der Waals surface area (Å²) in [4.78, 5) is 43.9. The summed E-state index contributed by atoms with van der Waals surface area (Å²) >= 11 is 1.55. The number of unbranched alkanes of at least 4 members (excludes halogenated alkanes) is 1. The fourth-order valence-corrected chi connectivity index (χ4v) is 8.50. The monoisotopic (exact) mass is 927 g/mol. The van der Waals surface area contributed by atoms with Crippen LogP contribution in [0.25, 0.3) is 10.4 Å². The number of likely N-dealkylation sites (tertiary alicyclic amines) is 1. The van der Waals surface area contributed by atoms with E-state index < -0.39 is 35.8 Å². The number of thiazole rings is 1. The molecule has 6 rings (SSSR count). The molecule has 0 unspecified atom stereocenters. The second-order valence-corrected chi connectivity index (χ2v) is 17.6. The first kappa shape index (κ1) is 50.2. The number of piperidine rings is 1. The fourth-order valence-electron chi connectivity index (χ4n) is 7.69. The molecule has 2 aromatic carbocycles. The zero-order chi connectivity index (χ0) is 47.1. The van der Waals surface area contributed by atoms with Crippen molar-refractivity contribution in [2.24, 2.45) is 5.10 Å². The number of nitrogens with one attached hydrogen (secondary N) is 2. The van der Waals surface area contributed by atoms with Crippen LogP contribution in [0.15, 0.2) is 59.1 Å². The SMILES string of the molecule is CCCNC(=O)O.Cc1ncsc1-c1ccc([C@H](CC(=O)NCCOCCCCOc2ccc(C3CCN(C4=Nn5c(nnc5C(F)(F)F)CC4)CC3)cc2)N(C(=O)O)C(C)(C)C)cc1. The Balaban J connectivity index is 0.00000105. The Kier molecular flexibility index (Phi) is 18.1. The highest BCUT2D eigenvalue weighted by Crippen LogP contribution is 2.35. The van der Waals surface area contributed by atoms with Crippen LogP contribution in [0.1, 0.15) is 113 Å². The molecule has 2 aromatic heterocycles. The number of alkyl halides is 3. The minimum absolute atomic E-state index is 0.0275. The van der Waals surface area contributed by atoms with Crippen LogP contribution in [-0.2, 0) is 22.1 Å². The first-order valence-electron chi connectivity index (χ1n) is 21.9. The van der Waals surface area contributed by atoms with Gasteiger partial charge >= 0.3 is 18.4 Å². The van der Waals surface area contributed by atoms with E-state index in [1.807, 2.05) is 71.0 Å². The van der Waals surface area contributed by atoms with Crippen LogP contribution in [0.5, 0.6) is 5.75 Å². The molecule has 0 saturated carbocycles. The maximum Gasteiger partial charge on any atom is 0.453 e. The summed E-state index contributed by atoms with van der Waals surface area (Å²) in [6.45, 7) is 13.0. The van der Waals surface area contributed by atoms with Gasteiger partial charge in [0.1, 0.15) is 11.6 Å². The van der Waals surface area contributed by atoms with Crippen LogP contribution in [0, 0.1) is 6.92 Å². The van der Waals surface area contributed by atoms with Crippen LogP contribution in [0.4, 0.5) is 22.8 Å². The van der Waals surface area contributed by atoms with Crippen molar-refractivity contribution in [3.63, 3.8) is 0 Å². The molecule has 0 aliphatic carbocycles. The van der Waals surface area contributed by atoms with Crippen LogP contribution >= 0.6 is 11.3 Å². The summed E-state index contributed by atoms with van der Waals surface area (Å²) in [5.41, 5.74) is 4.93. The average molecular weight is 928 g/mol. The molecule has 1 fully saturated rings. The minimum atomic E-state index is -4.61. The van der Waals surface area contributed by atoms with Crippen molar-refractivity contribution in [3.05, 3.63) is 82.5 Å². The van der Waals surface area contributed by atoms with E-state index in [0.717, 1.165) is 64.2 Å². The standard InChI is InChI=1S/C41H51F3N8O5S.C4H9NO2/c1-27-37(58-26-46-27)31-9-7-30(8-10-31)33(51(39(54)55)40(2,3)4)25-36(53)45-19-24-56-22-5-6-23-57-32-13-11-28(12-14-32)29-17-20-50(21-18-29)35-16-15-34-47-48-38(41(42,43)44)52(34)49-35;1-2-3-5-4(6)7/h7-14,26,29,33H,5-6,15-25H2,1-4H3,(H,45,53)(H,54,55);5H,2-3H2,1H3,(H,6,7)/t33-;/m0./s1. The number of carbonyl (C=O) groups is 3. The fraction of sp³-hybridized carbons (Fsp3) is 0.533. The van der Waals surface area contributed by atoms with Crippen molar-refractivity contribution in [3.8, 4) is 16.2 Å². The van der Waals surface area contributed by atoms with Gasteiger partial charge in [0, 0.05) is 51.2 Å². The van der Waals surface area contributed by atoms with Gasteiger partial charge in [-0.25, -0.2) is 14.6 Å². The second kappa shape index (κ2) is 23.4. The predicted octanol–water partition coefficient (Wildman–Crippen LogP) is 8.58. The molecule has 0 radical (unpaired) electrons. The van der Waals surface area contributed by atoms with Crippen molar-refractivity contribution < 1.29 is 47.2 Å². The Hall–Kier alpha value is -5.76. The highest BCUT2D eigenvalue weighted by atomic mass is 32.1. The van der Waals surface area contributed by atoms with Crippen molar-refractivity contribution in [2.45, 2.75) is 110 Å². The highest BCUT2D eigenvalue weighted by Gasteiger charge is 2.40. The molecule has 4 aromatic rings. The van der Waals surface area contributed by atoms with Gasteiger partial charge in [-0.05, 0) is 94.5 Å². The summed E-state index contributed by atoms with van der Waals surface area (Å²) < 4.78 is 52.5. The Morgan fingerprint density at radius 3 is 2.20 bits per heavy atom. The number of hydrogen-bond acceptors (Lipinski definition) is 11. The molecule has 65 heavy (non-hydrogen) atoms. The third kappa shape index (κ3) is 14.6. The predicted molar refractivity (Wildman–Crippen MR) is 240 cm³/mol. The van der Waals surface area contributed by atoms with Crippen molar-refractivity contribution in [1.82, 2.24) is 40.3 Å². The normalized spacial score (nSPS) is 14.6. The molecule has 0 bridgehead atoms. The van der Waals surface area contributed by atoms with E-state index in [-0.39, 0.29) is 18.2 Å². The van der Waals surface area contributed by atoms with E-state index in [4.69, 9.17) is 14.6 Å². The zero-order valence-electron chi connectivity index (χ0n) is 37.6. The van der Waals surface area contributed by atoms with Gasteiger partial charge in [-0.2, -0.15) is 22.9 Å². The molecule has 4 N–H and O–H groups in total. The summed E-state index contributed by atoms with van der Waals surface area (Å²) in [5, 5.41) is 34.4. The number of halogens is 3. The van der Waals surface area contributed by atoms with Gasteiger partial charge in [0.25, 0.3) is 5.82 Å². The third-order valence-electron chi connectivity index (χ3n) is 10.9. The number of fused-ring (bicyclic) bond motifs is 1. The maximum atomic E-state index is 13.3. The average Bonchev–Trinajstić information content (AvgIpc) is 3.91. The third-order valence-corrected chi connectivity index (χ3v) is 11.9.